The number of phenolic OH excluding ortho intramolecular Hbond substituents is 1. The Kier molecular flexibility index (Phi) is 3.48. The highest BCUT2D eigenvalue weighted by Gasteiger charge is 2.38. The summed E-state index contributed by atoms with van der Waals surface area (Å²) in [7, 11) is 0. The molecule has 0 aliphatic heterocycles. The monoisotopic (exact) mass is 300 g/mol. The fraction of sp³-hybridized carbons (Fsp3) is 0.438. The highest BCUT2D eigenvalue weighted by molar-refractivity contribution is 5.70. The lowest BCUT2D eigenvalue weighted by atomic mass is 9.77. The number of phenols is 1. The van der Waals surface area contributed by atoms with Crippen LogP contribution in [0.5, 0.6) is 5.75 Å². The molecule has 0 radical (unpaired) electrons. The van der Waals surface area contributed by atoms with Crippen molar-refractivity contribution in [2.45, 2.75) is 45.3 Å². The molecule has 1 fully saturated rings. The van der Waals surface area contributed by atoms with E-state index >= 15 is 0 Å². The molecule has 6 heteroatoms. The number of aromatic nitrogens is 3. The van der Waals surface area contributed by atoms with Crippen LogP contribution >= 0.6 is 0 Å². The van der Waals surface area contributed by atoms with Crippen LogP contribution in [0.3, 0.4) is 0 Å². The van der Waals surface area contributed by atoms with E-state index < -0.39 is 5.60 Å². The van der Waals surface area contributed by atoms with Crippen molar-refractivity contribution in [1.82, 2.24) is 15.2 Å². The van der Waals surface area contributed by atoms with Gasteiger partial charge in [-0.1, -0.05) is 6.07 Å². The largest absolute Gasteiger partial charge is 0.507 e. The van der Waals surface area contributed by atoms with Crippen LogP contribution in [0, 0.1) is 13.8 Å². The Balaban J connectivity index is 1.77. The molecule has 0 atom stereocenters. The van der Waals surface area contributed by atoms with Crippen LogP contribution in [0.2, 0.25) is 0 Å². The second kappa shape index (κ2) is 5.21. The average molecular weight is 300 g/mol. The number of anilines is 1. The lowest BCUT2D eigenvalue weighted by molar-refractivity contribution is -0.0236. The maximum atomic E-state index is 10.1. The van der Waals surface area contributed by atoms with Gasteiger partial charge in [-0.15, -0.1) is 10.2 Å². The van der Waals surface area contributed by atoms with E-state index in [1.165, 1.54) is 0 Å². The second-order valence-electron chi connectivity index (χ2n) is 6.39. The van der Waals surface area contributed by atoms with E-state index in [4.69, 9.17) is 0 Å². The molecule has 0 amide bonds. The minimum absolute atomic E-state index is 0.178. The maximum absolute atomic E-state index is 10.1. The third-order valence-electron chi connectivity index (χ3n) is 3.98. The Morgan fingerprint density at radius 3 is 2.50 bits per heavy atom. The minimum Gasteiger partial charge on any atom is -0.507 e. The van der Waals surface area contributed by atoms with Crippen molar-refractivity contribution in [2.24, 2.45) is 0 Å². The smallest absolute Gasteiger partial charge is 0.242 e. The topological polar surface area (TPSA) is 91.2 Å². The summed E-state index contributed by atoms with van der Waals surface area (Å²) in [4.78, 5) is 4.25. The first-order chi connectivity index (χ1) is 10.3. The molecule has 0 bridgehead atoms. The van der Waals surface area contributed by atoms with Crippen LogP contribution in [0.1, 0.15) is 30.9 Å². The molecule has 22 heavy (non-hydrogen) atoms. The number of aromatic hydroxyl groups is 1. The van der Waals surface area contributed by atoms with Crippen LogP contribution in [0.15, 0.2) is 18.3 Å². The highest BCUT2D eigenvalue weighted by Crippen LogP contribution is 2.34. The molecule has 1 heterocycles. The first-order valence-corrected chi connectivity index (χ1v) is 7.33. The fourth-order valence-corrected chi connectivity index (χ4v) is 3.02. The lowest BCUT2D eigenvalue weighted by Crippen LogP contribution is -2.48. The van der Waals surface area contributed by atoms with E-state index in [1.54, 1.807) is 12.3 Å². The highest BCUT2D eigenvalue weighted by atomic mass is 16.3. The van der Waals surface area contributed by atoms with Gasteiger partial charge in [-0.05, 0) is 50.8 Å². The molecule has 2 aromatic rings. The number of nitrogens with one attached hydrogen (secondary N) is 1. The molecule has 1 aromatic heterocycles. The van der Waals surface area contributed by atoms with E-state index in [0.29, 0.717) is 30.0 Å². The number of nitrogens with zero attached hydrogens (tertiary/aromatic N) is 3. The number of benzene rings is 1. The summed E-state index contributed by atoms with van der Waals surface area (Å²) in [5.74, 6) is 0.623. The lowest BCUT2D eigenvalue weighted by Gasteiger charge is -2.41. The fourth-order valence-electron chi connectivity index (χ4n) is 3.02. The molecule has 1 aromatic carbocycles. The summed E-state index contributed by atoms with van der Waals surface area (Å²) in [6.07, 6.45) is 2.95. The molecule has 0 unspecified atom stereocenters. The van der Waals surface area contributed by atoms with Crippen molar-refractivity contribution in [3.63, 3.8) is 0 Å². The van der Waals surface area contributed by atoms with Gasteiger partial charge in [-0.25, -0.2) is 4.98 Å². The number of aryl methyl sites for hydroxylation is 2. The van der Waals surface area contributed by atoms with Crippen molar-refractivity contribution >= 4 is 5.95 Å². The van der Waals surface area contributed by atoms with E-state index in [-0.39, 0.29) is 11.8 Å². The molecule has 116 valence electrons. The van der Waals surface area contributed by atoms with E-state index in [2.05, 4.69) is 20.5 Å². The van der Waals surface area contributed by atoms with Gasteiger partial charge in [-0.3, -0.25) is 0 Å². The summed E-state index contributed by atoms with van der Waals surface area (Å²) in [5.41, 5.74) is 2.54. The summed E-state index contributed by atoms with van der Waals surface area (Å²) >= 11 is 0. The Morgan fingerprint density at radius 1 is 1.23 bits per heavy atom. The average Bonchev–Trinajstić information content (AvgIpc) is 2.37. The van der Waals surface area contributed by atoms with E-state index in [9.17, 15) is 10.2 Å². The first-order valence-electron chi connectivity index (χ1n) is 7.33. The number of hydrogen-bond donors (Lipinski definition) is 3. The van der Waals surface area contributed by atoms with Gasteiger partial charge in [-0.2, -0.15) is 0 Å². The zero-order valence-electron chi connectivity index (χ0n) is 13.0. The summed E-state index contributed by atoms with van der Waals surface area (Å²) in [5, 5.41) is 31.2. The Bertz CT molecular complexity index is 667. The van der Waals surface area contributed by atoms with E-state index in [0.717, 1.165) is 11.1 Å². The molecule has 1 saturated carbocycles. The van der Waals surface area contributed by atoms with Crippen molar-refractivity contribution in [3.05, 3.63) is 29.5 Å². The van der Waals surface area contributed by atoms with Crippen LogP contribution in [0.25, 0.3) is 11.3 Å². The van der Waals surface area contributed by atoms with Gasteiger partial charge in [0.1, 0.15) is 11.4 Å². The number of aliphatic hydroxyl groups is 1. The van der Waals surface area contributed by atoms with Crippen molar-refractivity contribution < 1.29 is 10.2 Å². The van der Waals surface area contributed by atoms with Crippen LogP contribution < -0.4 is 5.32 Å². The van der Waals surface area contributed by atoms with Crippen molar-refractivity contribution in [1.29, 1.82) is 0 Å². The van der Waals surface area contributed by atoms with E-state index in [1.807, 2.05) is 26.8 Å². The SMILES string of the molecule is Cc1cc(C)c(-c2cnc(NC3CC(C)(O)C3)nn2)c(O)c1. The predicted octanol–water partition coefficient (Wildman–Crippen LogP) is 2.19. The molecule has 1 aliphatic carbocycles. The van der Waals surface area contributed by atoms with Crippen molar-refractivity contribution in [3.8, 4) is 17.0 Å². The number of hydrogen-bond acceptors (Lipinski definition) is 6. The molecule has 3 N–H and O–H groups in total. The van der Waals surface area contributed by atoms with Gasteiger partial charge < -0.3 is 15.5 Å². The Labute approximate surface area is 129 Å². The first kappa shape index (κ1) is 14.7. The van der Waals surface area contributed by atoms with Gasteiger partial charge >= 0.3 is 0 Å². The molecule has 0 spiro atoms. The Morgan fingerprint density at radius 2 is 1.95 bits per heavy atom. The van der Waals surface area contributed by atoms with Crippen LogP contribution in [-0.4, -0.2) is 37.0 Å². The minimum atomic E-state index is -0.587. The van der Waals surface area contributed by atoms with Crippen molar-refractivity contribution in [2.75, 3.05) is 5.32 Å². The third kappa shape index (κ3) is 2.87. The predicted molar refractivity (Wildman–Crippen MR) is 83.7 cm³/mol. The van der Waals surface area contributed by atoms with Gasteiger partial charge in [0, 0.05) is 11.6 Å². The normalized spacial score (nSPS) is 23.9. The zero-order valence-corrected chi connectivity index (χ0v) is 13.0. The van der Waals surface area contributed by atoms with Gasteiger partial charge in [0.25, 0.3) is 0 Å². The summed E-state index contributed by atoms with van der Waals surface area (Å²) in [6, 6.07) is 3.86. The molecule has 0 saturated heterocycles. The second-order valence-corrected chi connectivity index (χ2v) is 6.39. The van der Waals surface area contributed by atoms with Gasteiger partial charge in [0.2, 0.25) is 5.95 Å². The molecular weight excluding hydrogens is 280 g/mol. The van der Waals surface area contributed by atoms with Crippen LogP contribution in [-0.2, 0) is 0 Å². The zero-order chi connectivity index (χ0) is 15.9. The van der Waals surface area contributed by atoms with Gasteiger partial charge in [0.15, 0.2) is 0 Å². The Hall–Kier alpha value is -2.21. The van der Waals surface area contributed by atoms with Crippen LogP contribution in [0.4, 0.5) is 5.95 Å². The quantitative estimate of drug-likeness (QED) is 0.805. The molecule has 3 rings (SSSR count). The maximum Gasteiger partial charge on any atom is 0.242 e. The van der Waals surface area contributed by atoms with Gasteiger partial charge in [0.05, 0.1) is 11.8 Å². The number of rotatable bonds is 3. The summed E-state index contributed by atoms with van der Waals surface area (Å²) in [6.45, 7) is 5.67. The summed E-state index contributed by atoms with van der Waals surface area (Å²) < 4.78 is 0. The molecule has 6 nitrogen and oxygen atoms in total. The third-order valence-corrected chi connectivity index (χ3v) is 3.98. The standard InChI is InChI=1S/C16H20N4O2/c1-9-4-10(2)14(13(21)5-9)12-8-17-15(20-19-12)18-11-6-16(3,22)7-11/h4-5,8,11,21-22H,6-7H2,1-3H3,(H,17,18,20). The molecular formula is C16H20N4O2. The molecule has 1 aliphatic rings.